The lowest BCUT2D eigenvalue weighted by atomic mass is 10.3. The van der Waals surface area contributed by atoms with E-state index in [0.29, 0.717) is 0 Å². The summed E-state index contributed by atoms with van der Waals surface area (Å²) >= 11 is 3.79. The fourth-order valence-electron chi connectivity index (χ4n) is 1.63. The molecule has 1 aromatic heterocycles. The molecule has 0 aliphatic carbocycles. The molecule has 0 amide bonds. The molecule has 0 bridgehead atoms. The third kappa shape index (κ3) is 3.98. The van der Waals surface area contributed by atoms with E-state index in [2.05, 4.69) is 35.4 Å². The number of hydrogen-bond acceptors (Lipinski definition) is 4. The Hall–Kier alpha value is -0.580. The quantitative estimate of drug-likeness (QED) is 0.776. The number of nitrogens with zero attached hydrogens (tertiary/aromatic N) is 1. The molecule has 1 N–H and O–H groups in total. The Morgan fingerprint density at radius 3 is 3.06 bits per heavy atom. The van der Waals surface area contributed by atoms with E-state index < -0.39 is 0 Å². The Labute approximate surface area is 111 Å². The van der Waals surface area contributed by atoms with E-state index in [9.17, 15) is 0 Å². The summed E-state index contributed by atoms with van der Waals surface area (Å²) in [5, 5.41) is 4.65. The molecule has 0 atom stereocenters. The Bertz CT molecular complexity index is 420. The highest BCUT2D eigenvalue weighted by Crippen LogP contribution is 2.21. The van der Waals surface area contributed by atoms with Crippen LogP contribution < -0.4 is 5.32 Å². The van der Waals surface area contributed by atoms with Crippen molar-refractivity contribution in [3.8, 4) is 0 Å². The maximum Gasteiger partial charge on any atom is 0.108 e. The largest absolute Gasteiger partial charge is 0.310 e. The zero-order chi connectivity index (χ0) is 11.9. The van der Waals surface area contributed by atoms with Crippen molar-refractivity contribution < 1.29 is 0 Å². The molecular formula is C13H18N2S2. The molecular weight excluding hydrogens is 248 g/mol. The van der Waals surface area contributed by atoms with Crippen LogP contribution in [0.3, 0.4) is 0 Å². The van der Waals surface area contributed by atoms with Crippen LogP contribution in [0, 0.1) is 0 Å². The Balaban J connectivity index is 1.75. The van der Waals surface area contributed by atoms with Gasteiger partial charge in [-0.1, -0.05) is 19.1 Å². The second kappa shape index (κ2) is 6.99. The van der Waals surface area contributed by atoms with Crippen LogP contribution in [0.15, 0.2) is 24.3 Å². The molecule has 2 nitrogen and oxygen atoms in total. The topological polar surface area (TPSA) is 24.9 Å². The summed E-state index contributed by atoms with van der Waals surface area (Å²) in [5.74, 6) is 2.47. The number of aromatic nitrogens is 1. The maximum absolute atomic E-state index is 4.60. The third-order valence-electron chi connectivity index (χ3n) is 2.46. The summed E-state index contributed by atoms with van der Waals surface area (Å²) in [7, 11) is 0. The molecule has 2 aromatic rings. The predicted octanol–water partition coefficient (Wildman–Crippen LogP) is 3.53. The van der Waals surface area contributed by atoms with E-state index in [1.165, 1.54) is 27.6 Å². The van der Waals surface area contributed by atoms with Crippen molar-refractivity contribution in [3.05, 3.63) is 29.3 Å². The van der Waals surface area contributed by atoms with Crippen LogP contribution in [0.4, 0.5) is 0 Å². The average Bonchev–Trinajstić information content (AvgIpc) is 2.76. The van der Waals surface area contributed by atoms with Crippen LogP contribution in [0.1, 0.15) is 18.4 Å². The molecule has 92 valence electrons. The van der Waals surface area contributed by atoms with Crippen LogP contribution in [0.2, 0.25) is 0 Å². The lowest BCUT2D eigenvalue weighted by Crippen LogP contribution is -2.15. The van der Waals surface area contributed by atoms with Gasteiger partial charge >= 0.3 is 0 Å². The zero-order valence-corrected chi connectivity index (χ0v) is 11.7. The number of fused-ring (bicyclic) bond motifs is 1. The SMILES string of the molecule is CCSCCCNCc1nc2ccccc2s1. The molecule has 0 saturated heterocycles. The first kappa shape index (κ1) is 12.9. The van der Waals surface area contributed by atoms with E-state index >= 15 is 0 Å². The number of nitrogens with one attached hydrogen (secondary N) is 1. The molecule has 1 heterocycles. The second-order valence-electron chi connectivity index (χ2n) is 3.80. The minimum absolute atomic E-state index is 0.899. The second-order valence-corrected chi connectivity index (χ2v) is 6.31. The summed E-state index contributed by atoms with van der Waals surface area (Å²) in [6.07, 6.45) is 1.24. The normalized spacial score (nSPS) is 11.1. The van der Waals surface area contributed by atoms with Gasteiger partial charge in [0.2, 0.25) is 0 Å². The molecule has 0 unspecified atom stereocenters. The van der Waals surface area contributed by atoms with Gasteiger partial charge in [-0.15, -0.1) is 11.3 Å². The maximum atomic E-state index is 4.60. The van der Waals surface area contributed by atoms with Crippen LogP contribution in [-0.2, 0) is 6.54 Å². The number of thioether (sulfide) groups is 1. The standard InChI is InChI=1S/C13H18N2S2/c1-2-16-9-5-8-14-10-13-15-11-6-3-4-7-12(11)17-13/h3-4,6-7,14H,2,5,8-10H2,1H3. The highest BCUT2D eigenvalue weighted by atomic mass is 32.2. The van der Waals surface area contributed by atoms with Crippen LogP contribution in [0.25, 0.3) is 10.2 Å². The van der Waals surface area contributed by atoms with E-state index in [-0.39, 0.29) is 0 Å². The lowest BCUT2D eigenvalue weighted by molar-refractivity contribution is 0.677. The minimum atomic E-state index is 0.899. The first-order chi connectivity index (χ1) is 8.40. The van der Waals surface area contributed by atoms with Gasteiger partial charge in [-0.2, -0.15) is 11.8 Å². The smallest absolute Gasteiger partial charge is 0.108 e. The van der Waals surface area contributed by atoms with Crippen LogP contribution in [-0.4, -0.2) is 23.0 Å². The van der Waals surface area contributed by atoms with Gasteiger partial charge in [0.15, 0.2) is 0 Å². The third-order valence-corrected chi connectivity index (χ3v) is 4.48. The molecule has 1 aromatic carbocycles. The van der Waals surface area contributed by atoms with Gasteiger partial charge in [0.05, 0.1) is 10.2 Å². The summed E-state index contributed by atoms with van der Waals surface area (Å²) in [6.45, 7) is 4.19. The number of thiazole rings is 1. The van der Waals surface area contributed by atoms with Crippen molar-refractivity contribution in [1.29, 1.82) is 0 Å². The Kier molecular flexibility index (Phi) is 5.29. The Morgan fingerprint density at radius 1 is 1.35 bits per heavy atom. The fraction of sp³-hybridized carbons (Fsp3) is 0.462. The van der Waals surface area contributed by atoms with Crippen molar-refractivity contribution in [2.75, 3.05) is 18.1 Å². The average molecular weight is 266 g/mol. The minimum Gasteiger partial charge on any atom is -0.310 e. The summed E-state index contributed by atoms with van der Waals surface area (Å²) in [4.78, 5) is 4.60. The highest BCUT2D eigenvalue weighted by Gasteiger charge is 2.01. The van der Waals surface area contributed by atoms with E-state index in [0.717, 1.165) is 18.6 Å². The van der Waals surface area contributed by atoms with Gasteiger partial charge in [-0.3, -0.25) is 0 Å². The number of hydrogen-bond donors (Lipinski definition) is 1. The summed E-state index contributed by atoms with van der Waals surface area (Å²) in [5.41, 5.74) is 1.12. The fourth-order valence-corrected chi connectivity index (χ4v) is 3.21. The van der Waals surface area contributed by atoms with Crippen molar-refractivity contribution >= 4 is 33.3 Å². The highest BCUT2D eigenvalue weighted by molar-refractivity contribution is 7.99. The van der Waals surface area contributed by atoms with Crippen LogP contribution in [0.5, 0.6) is 0 Å². The van der Waals surface area contributed by atoms with Gasteiger partial charge in [-0.05, 0) is 36.6 Å². The van der Waals surface area contributed by atoms with Crippen LogP contribution >= 0.6 is 23.1 Å². The van der Waals surface area contributed by atoms with Gasteiger partial charge in [0, 0.05) is 6.54 Å². The molecule has 0 spiro atoms. The van der Waals surface area contributed by atoms with Gasteiger partial charge in [0.25, 0.3) is 0 Å². The van der Waals surface area contributed by atoms with Crippen molar-refractivity contribution in [2.45, 2.75) is 19.9 Å². The van der Waals surface area contributed by atoms with E-state index in [4.69, 9.17) is 0 Å². The first-order valence-electron chi connectivity index (χ1n) is 6.03. The zero-order valence-electron chi connectivity index (χ0n) is 10.1. The number of para-hydroxylation sites is 1. The van der Waals surface area contributed by atoms with E-state index in [1.54, 1.807) is 11.3 Å². The molecule has 2 rings (SSSR count). The molecule has 0 radical (unpaired) electrons. The van der Waals surface area contributed by atoms with Crippen molar-refractivity contribution in [3.63, 3.8) is 0 Å². The lowest BCUT2D eigenvalue weighted by Gasteiger charge is -2.01. The molecule has 17 heavy (non-hydrogen) atoms. The van der Waals surface area contributed by atoms with Gasteiger partial charge < -0.3 is 5.32 Å². The van der Waals surface area contributed by atoms with Gasteiger partial charge in [0.1, 0.15) is 5.01 Å². The first-order valence-corrected chi connectivity index (χ1v) is 8.00. The van der Waals surface area contributed by atoms with Crippen molar-refractivity contribution in [2.24, 2.45) is 0 Å². The monoisotopic (exact) mass is 266 g/mol. The summed E-state index contributed by atoms with van der Waals surface area (Å²) < 4.78 is 1.28. The van der Waals surface area contributed by atoms with Crippen molar-refractivity contribution in [1.82, 2.24) is 10.3 Å². The molecule has 0 aliphatic heterocycles. The van der Waals surface area contributed by atoms with E-state index in [1.807, 2.05) is 17.8 Å². The molecule has 0 aliphatic rings. The van der Waals surface area contributed by atoms with Gasteiger partial charge in [-0.25, -0.2) is 4.98 Å². The molecule has 0 saturated carbocycles. The molecule has 0 fully saturated rings. The molecule has 4 heteroatoms. The Morgan fingerprint density at radius 2 is 2.24 bits per heavy atom. The predicted molar refractivity (Wildman–Crippen MR) is 78.9 cm³/mol. The summed E-state index contributed by atoms with van der Waals surface area (Å²) in [6, 6.07) is 8.32. The number of benzene rings is 1. The number of rotatable bonds is 7.